The van der Waals surface area contributed by atoms with Crippen LogP contribution in [0.3, 0.4) is 0 Å². The van der Waals surface area contributed by atoms with Crippen molar-refractivity contribution < 1.29 is 13.2 Å². The zero-order valence-electron chi connectivity index (χ0n) is 11.5. The molecule has 110 valence electrons. The van der Waals surface area contributed by atoms with Gasteiger partial charge in [-0.2, -0.15) is 0 Å². The minimum absolute atomic E-state index is 0.0321. The predicted molar refractivity (Wildman–Crippen MR) is 79.7 cm³/mol. The average molecular weight is 316 g/mol. The molecule has 1 amide bonds. The quantitative estimate of drug-likeness (QED) is 0.927. The van der Waals surface area contributed by atoms with E-state index in [-0.39, 0.29) is 23.5 Å². The molecular weight excluding hydrogens is 298 g/mol. The third kappa shape index (κ3) is 3.33. The fourth-order valence-electron chi connectivity index (χ4n) is 2.28. The van der Waals surface area contributed by atoms with Crippen molar-refractivity contribution in [1.82, 2.24) is 5.32 Å². The lowest BCUT2D eigenvalue weighted by Gasteiger charge is -2.26. The van der Waals surface area contributed by atoms with Crippen LogP contribution in [0.2, 0.25) is 5.02 Å². The molecule has 0 bridgehead atoms. The molecule has 0 spiro atoms. The molecule has 1 aliphatic heterocycles. The molecule has 6 heteroatoms. The van der Waals surface area contributed by atoms with Crippen LogP contribution in [-0.2, 0) is 20.0 Å². The molecule has 1 N–H and O–H groups in total. The fourth-order valence-corrected chi connectivity index (χ4v) is 4.15. The summed E-state index contributed by atoms with van der Waals surface area (Å²) in [5.74, 6) is 0.00164. The lowest BCUT2D eigenvalue weighted by atomic mass is 9.83. The molecule has 20 heavy (non-hydrogen) atoms. The van der Waals surface area contributed by atoms with Crippen LogP contribution in [0.25, 0.3) is 0 Å². The molecule has 1 aromatic carbocycles. The van der Waals surface area contributed by atoms with E-state index < -0.39 is 15.3 Å². The zero-order chi connectivity index (χ0) is 15.0. The second-order valence-electron chi connectivity index (χ2n) is 5.71. The summed E-state index contributed by atoms with van der Waals surface area (Å²) in [7, 11) is -2.99. The van der Waals surface area contributed by atoms with Crippen LogP contribution in [-0.4, -0.2) is 31.9 Å². The molecule has 1 fully saturated rings. The fraction of sp³-hybridized carbons (Fsp3) is 0.500. The van der Waals surface area contributed by atoms with Gasteiger partial charge in [-0.3, -0.25) is 4.79 Å². The molecular formula is C14H18ClNO3S. The molecule has 2 rings (SSSR count). The normalized spacial score (nSPS) is 21.6. The zero-order valence-corrected chi connectivity index (χ0v) is 13.1. The van der Waals surface area contributed by atoms with Crippen molar-refractivity contribution in [2.45, 2.75) is 31.7 Å². The maximum atomic E-state index is 12.4. The Kier molecular flexibility index (Phi) is 4.12. The van der Waals surface area contributed by atoms with E-state index in [4.69, 9.17) is 11.6 Å². The predicted octanol–water partition coefficient (Wildman–Crippen LogP) is 1.92. The van der Waals surface area contributed by atoms with E-state index in [1.165, 1.54) is 0 Å². The van der Waals surface area contributed by atoms with E-state index in [0.29, 0.717) is 11.4 Å². The van der Waals surface area contributed by atoms with Gasteiger partial charge in [0.15, 0.2) is 9.84 Å². The number of halogens is 1. The second-order valence-corrected chi connectivity index (χ2v) is 8.37. The summed E-state index contributed by atoms with van der Waals surface area (Å²) in [5.41, 5.74) is 0.0559. The Balaban J connectivity index is 2.12. The van der Waals surface area contributed by atoms with Crippen LogP contribution >= 0.6 is 11.6 Å². The monoisotopic (exact) mass is 315 g/mol. The number of carbonyl (C=O) groups excluding carboxylic acids is 1. The number of hydrogen-bond donors (Lipinski definition) is 1. The lowest BCUT2D eigenvalue weighted by molar-refractivity contribution is -0.126. The molecule has 1 unspecified atom stereocenters. The Labute approximate surface area is 124 Å². The van der Waals surface area contributed by atoms with E-state index in [1.54, 1.807) is 32.0 Å². The van der Waals surface area contributed by atoms with E-state index in [0.717, 1.165) is 5.56 Å². The SMILES string of the molecule is CC(C)(C(=O)NC1CCS(=O)(=O)C1)c1cccc(Cl)c1. The number of sulfone groups is 1. The first kappa shape index (κ1) is 15.3. The Bertz CT molecular complexity index is 625. The summed E-state index contributed by atoms with van der Waals surface area (Å²) in [5, 5.41) is 3.41. The average Bonchev–Trinajstić information content (AvgIpc) is 2.68. The third-order valence-corrected chi connectivity index (χ3v) is 5.68. The Morgan fingerprint density at radius 3 is 2.65 bits per heavy atom. The maximum Gasteiger partial charge on any atom is 0.230 e. The van der Waals surface area contributed by atoms with Crippen molar-refractivity contribution in [3.05, 3.63) is 34.9 Å². The molecule has 0 saturated carbocycles. The smallest absolute Gasteiger partial charge is 0.230 e. The van der Waals surface area contributed by atoms with E-state index in [9.17, 15) is 13.2 Å². The molecule has 0 radical (unpaired) electrons. The van der Waals surface area contributed by atoms with Gasteiger partial charge < -0.3 is 5.32 Å². The number of amides is 1. The Morgan fingerprint density at radius 2 is 2.10 bits per heavy atom. The van der Waals surface area contributed by atoms with Crippen LogP contribution in [0.15, 0.2) is 24.3 Å². The Morgan fingerprint density at radius 1 is 1.40 bits per heavy atom. The van der Waals surface area contributed by atoms with Crippen LogP contribution < -0.4 is 5.32 Å². The van der Waals surface area contributed by atoms with Gasteiger partial charge in [-0.25, -0.2) is 8.42 Å². The first-order valence-corrected chi connectivity index (χ1v) is 8.68. The molecule has 1 saturated heterocycles. The maximum absolute atomic E-state index is 12.4. The van der Waals surface area contributed by atoms with Gasteiger partial charge in [0.25, 0.3) is 0 Å². The summed E-state index contributed by atoms with van der Waals surface area (Å²) in [6.07, 6.45) is 0.486. The van der Waals surface area contributed by atoms with Crippen LogP contribution in [0, 0.1) is 0 Å². The number of benzene rings is 1. The van der Waals surface area contributed by atoms with Crippen LogP contribution in [0.5, 0.6) is 0 Å². The van der Waals surface area contributed by atoms with Gasteiger partial charge in [0.05, 0.1) is 16.9 Å². The number of nitrogens with one attached hydrogen (secondary N) is 1. The van der Waals surface area contributed by atoms with Crippen molar-refractivity contribution in [2.75, 3.05) is 11.5 Å². The first-order chi connectivity index (χ1) is 9.21. The second kappa shape index (κ2) is 5.37. The molecule has 1 heterocycles. The molecule has 0 aliphatic carbocycles. The number of carbonyl (C=O) groups is 1. The third-order valence-electron chi connectivity index (χ3n) is 3.68. The highest BCUT2D eigenvalue weighted by Gasteiger charge is 2.35. The van der Waals surface area contributed by atoms with Gasteiger partial charge in [-0.1, -0.05) is 23.7 Å². The van der Waals surface area contributed by atoms with E-state index in [2.05, 4.69) is 5.32 Å². The van der Waals surface area contributed by atoms with Crippen LogP contribution in [0.1, 0.15) is 25.8 Å². The number of hydrogen-bond acceptors (Lipinski definition) is 3. The van der Waals surface area contributed by atoms with Crippen molar-refractivity contribution in [2.24, 2.45) is 0 Å². The lowest BCUT2D eigenvalue weighted by Crippen LogP contribution is -2.45. The molecule has 1 aromatic rings. The summed E-state index contributed by atoms with van der Waals surface area (Å²) in [4.78, 5) is 12.4. The van der Waals surface area contributed by atoms with Gasteiger partial charge in [0.1, 0.15) is 0 Å². The molecule has 1 atom stereocenters. The number of rotatable bonds is 3. The van der Waals surface area contributed by atoms with Crippen molar-refractivity contribution >= 4 is 27.3 Å². The van der Waals surface area contributed by atoms with Crippen LogP contribution in [0.4, 0.5) is 0 Å². The van der Waals surface area contributed by atoms with Gasteiger partial charge in [-0.15, -0.1) is 0 Å². The van der Waals surface area contributed by atoms with Gasteiger partial charge in [0.2, 0.25) is 5.91 Å². The summed E-state index contributed by atoms with van der Waals surface area (Å²) in [6.45, 7) is 3.61. The molecule has 1 aliphatic rings. The largest absolute Gasteiger partial charge is 0.352 e. The minimum Gasteiger partial charge on any atom is -0.352 e. The minimum atomic E-state index is -2.99. The van der Waals surface area contributed by atoms with Crippen molar-refractivity contribution in [3.8, 4) is 0 Å². The van der Waals surface area contributed by atoms with Gasteiger partial charge in [0, 0.05) is 11.1 Å². The van der Waals surface area contributed by atoms with Gasteiger partial charge >= 0.3 is 0 Å². The Hall–Kier alpha value is -1.07. The van der Waals surface area contributed by atoms with E-state index in [1.807, 2.05) is 6.07 Å². The topological polar surface area (TPSA) is 63.2 Å². The van der Waals surface area contributed by atoms with E-state index >= 15 is 0 Å². The first-order valence-electron chi connectivity index (χ1n) is 6.48. The highest BCUT2D eigenvalue weighted by molar-refractivity contribution is 7.91. The highest BCUT2D eigenvalue weighted by atomic mass is 35.5. The van der Waals surface area contributed by atoms with Crippen molar-refractivity contribution in [1.29, 1.82) is 0 Å². The van der Waals surface area contributed by atoms with Gasteiger partial charge in [-0.05, 0) is 38.0 Å². The molecule has 0 aromatic heterocycles. The standard InChI is InChI=1S/C14H18ClNO3S/c1-14(2,10-4-3-5-11(15)8-10)13(17)16-12-6-7-20(18,19)9-12/h3-5,8,12H,6-7,9H2,1-2H3,(H,16,17). The highest BCUT2D eigenvalue weighted by Crippen LogP contribution is 2.26. The van der Waals surface area contributed by atoms with Crippen molar-refractivity contribution in [3.63, 3.8) is 0 Å². The summed E-state index contributed by atoms with van der Waals surface area (Å²) >= 11 is 5.95. The summed E-state index contributed by atoms with van der Waals surface area (Å²) in [6, 6.07) is 6.87. The summed E-state index contributed by atoms with van der Waals surface area (Å²) < 4.78 is 22.8. The molecule has 4 nitrogen and oxygen atoms in total.